The largest absolute Gasteiger partial charge is 0.479 e. The van der Waals surface area contributed by atoms with Crippen LogP contribution in [-0.2, 0) is 25.5 Å². The van der Waals surface area contributed by atoms with Gasteiger partial charge in [0.2, 0.25) is 0 Å². The maximum Gasteiger partial charge on any atom is 0.338 e. The van der Waals surface area contributed by atoms with Gasteiger partial charge in [-0.15, -0.1) is 0 Å². The van der Waals surface area contributed by atoms with Gasteiger partial charge >= 0.3 is 11.9 Å². The molecule has 0 spiro atoms. The van der Waals surface area contributed by atoms with Gasteiger partial charge in [0, 0.05) is 11.8 Å². The van der Waals surface area contributed by atoms with Gasteiger partial charge in [0.15, 0.2) is 5.60 Å². The van der Waals surface area contributed by atoms with Crippen molar-refractivity contribution in [1.29, 1.82) is 0 Å². The third kappa shape index (κ3) is 4.05. The molecule has 3 aromatic carbocycles. The van der Waals surface area contributed by atoms with E-state index in [1.54, 1.807) is 6.92 Å². The highest BCUT2D eigenvalue weighted by Gasteiger charge is 2.62. The number of hydrogen-bond donors (Lipinski definition) is 1. The standard InChI is InChI=1S/C28H26O5/c1-28(27(30)31)26(33-28)19(15-18-9-3-2-4-10-18)16-25(29)32-17-24-22-13-7-5-11-20(22)21-12-6-8-14-23(21)24/h2-14,19,24,26H,15-17H2,1H3,(H,30,31)/t19-,26?,28?/m1/s1. The number of carbonyl (C=O) groups excluding carboxylic acids is 1. The Kier molecular flexibility index (Phi) is 5.51. The summed E-state index contributed by atoms with van der Waals surface area (Å²) in [6, 6.07) is 26.2. The van der Waals surface area contributed by atoms with Crippen LogP contribution in [0.4, 0.5) is 0 Å². The highest BCUT2D eigenvalue weighted by molar-refractivity contribution is 5.81. The van der Waals surface area contributed by atoms with E-state index in [1.165, 1.54) is 11.1 Å². The predicted molar refractivity (Wildman–Crippen MR) is 124 cm³/mol. The molecule has 1 saturated heterocycles. The van der Waals surface area contributed by atoms with E-state index in [2.05, 4.69) is 24.3 Å². The fourth-order valence-electron chi connectivity index (χ4n) is 5.04. The number of carboxylic acids is 1. The summed E-state index contributed by atoms with van der Waals surface area (Å²) in [4.78, 5) is 24.5. The number of carbonyl (C=O) groups is 2. The molecular formula is C28H26O5. The van der Waals surface area contributed by atoms with E-state index in [0.717, 1.165) is 16.7 Å². The summed E-state index contributed by atoms with van der Waals surface area (Å²) in [5.74, 6) is -1.61. The first-order chi connectivity index (χ1) is 16.0. The third-order valence-electron chi connectivity index (χ3n) is 6.85. The molecule has 5 heteroatoms. The van der Waals surface area contributed by atoms with E-state index >= 15 is 0 Å². The number of ether oxygens (including phenoxy) is 2. The van der Waals surface area contributed by atoms with Crippen LogP contribution in [0.25, 0.3) is 11.1 Å². The van der Waals surface area contributed by atoms with Gasteiger partial charge in [-0.25, -0.2) is 4.79 Å². The Labute approximate surface area is 193 Å². The third-order valence-corrected chi connectivity index (χ3v) is 6.85. The molecule has 3 aromatic rings. The van der Waals surface area contributed by atoms with Gasteiger partial charge in [0.25, 0.3) is 0 Å². The maximum absolute atomic E-state index is 12.9. The monoisotopic (exact) mass is 442 g/mol. The van der Waals surface area contributed by atoms with Gasteiger partial charge in [-0.3, -0.25) is 4.79 Å². The van der Waals surface area contributed by atoms with Gasteiger partial charge in [-0.1, -0.05) is 78.9 Å². The molecule has 1 aliphatic heterocycles. The minimum absolute atomic E-state index is 0.00427. The summed E-state index contributed by atoms with van der Waals surface area (Å²) in [6.07, 6.45) is 0.146. The van der Waals surface area contributed by atoms with Crippen molar-refractivity contribution in [2.75, 3.05) is 6.61 Å². The second-order valence-electron chi connectivity index (χ2n) is 9.01. The summed E-state index contributed by atoms with van der Waals surface area (Å²) in [7, 11) is 0. The molecule has 5 rings (SSSR count). The summed E-state index contributed by atoms with van der Waals surface area (Å²) >= 11 is 0. The molecule has 168 valence electrons. The van der Waals surface area contributed by atoms with Gasteiger partial charge < -0.3 is 14.6 Å². The smallest absolute Gasteiger partial charge is 0.338 e. The number of carboxylic acid groups (broad SMARTS) is 1. The molecule has 0 amide bonds. The minimum Gasteiger partial charge on any atom is -0.479 e. The summed E-state index contributed by atoms with van der Waals surface area (Å²) < 4.78 is 11.3. The molecule has 1 aliphatic carbocycles. The molecule has 0 aromatic heterocycles. The number of epoxide rings is 1. The molecule has 2 unspecified atom stereocenters. The number of benzene rings is 3. The van der Waals surface area contributed by atoms with Gasteiger partial charge in [0.05, 0.1) is 6.42 Å². The van der Waals surface area contributed by atoms with Gasteiger partial charge in [0.1, 0.15) is 12.7 Å². The Bertz CT molecular complexity index is 1140. The Morgan fingerprint density at radius 1 is 0.939 bits per heavy atom. The van der Waals surface area contributed by atoms with E-state index in [-0.39, 0.29) is 30.8 Å². The number of rotatable bonds is 8. The average Bonchev–Trinajstić information content (AvgIpc) is 3.43. The second-order valence-corrected chi connectivity index (χ2v) is 9.01. The van der Waals surface area contributed by atoms with Crippen LogP contribution in [0.3, 0.4) is 0 Å². The van der Waals surface area contributed by atoms with Crippen LogP contribution in [0, 0.1) is 5.92 Å². The fraction of sp³-hybridized carbons (Fsp3) is 0.286. The molecule has 5 nitrogen and oxygen atoms in total. The first-order valence-electron chi connectivity index (χ1n) is 11.3. The molecule has 1 N–H and O–H groups in total. The highest BCUT2D eigenvalue weighted by atomic mass is 16.6. The first-order valence-corrected chi connectivity index (χ1v) is 11.3. The Morgan fingerprint density at radius 2 is 1.52 bits per heavy atom. The van der Waals surface area contributed by atoms with Crippen molar-refractivity contribution in [3.8, 4) is 11.1 Å². The molecule has 1 heterocycles. The van der Waals surface area contributed by atoms with Crippen LogP contribution >= 0.6 is 0 Å². The Morgan fingerprint density at radius 3 is 2.09 bits per heavy atom. The zero-order chi connectivity index (χ0) is 23.0. The number of fused-ring (bicyclic) bond motifs is 3. The molecule has 2 aliphatic rings. The summed E-state index contributed by atoms with van der Waals surface area (Å²) in [6.45, 7) is 1.82. The van der Waals surface area contributed by atoms with E-state index in [1.807, 2.05) is 54.6 Å². The Hall–Kier alpha value is -3.44. The topological polar surface area (TPSA) is 76.1 Å². The lowest BCUT2D eigenvalue weighted by Crippen LogP contribution is -2.29. The molecule has 0 saturated carbocycles. The van der Waals surface area contributed by atoms with Crippen molar-refractivity contribution in [3.63, 3.8) is 0 Å². The van der Waals surface area contributed by atoms with Crippen molar-refractivity contribution in [3.05, 3.63) is 95.6 Å². The molecule has 3 atom stereocenters. The molecule has 1 fully saturated rings. The van der Waals surface area contributed by atoms with E-state index in [0.29, 0.717) is 6.42 Å². The zero-order valence-corrected chi connectivity index (χ0v) is 18.4. The van der Waals surface area contributed by atoms with Crippen molar-refractivity contribution in [2.24, 2.45) is 5.92 Å². The highest BCUT2D eigenvalue weighted by Crippen LogP contribution is 2.46. The van der Waals surface area contributed by atoms with Crippen LogP contribution in [0.15, 0.2) is 78.9 Å². The van der Waals surface area contributed by atoms with Crippen LogP contribution in [0.2, 0.25) is 0 Å². The van der Waals surface area contributed by atoms with Crippen LogP contribution in [-0.4, -0.2) is 35.4 Å². The minimum atomic E-state index is -1.25. The SMILES string of the molecule is CC1(C(=O)O)OC1[C@@H](CC(=O)OCC1c2ccccc2-c2ccccc21)Cc1ccccc1. The lowest BCUT2D eigenvalue weighted by atomic mass is 9.88. The van der Waals surface area contributed by atoms with Crippen LogP contribution in [0.5, 0.6) is 0 Å². The molecular weight excluding hydrogens is 416 g/mol. The van der Waals surface area contributed by atoms with Crippen LogP contribution < -0.4 is 0 Å². The average molecular weight is 443 g/mol. The second kappa shape index (κ2) is 8.49. The van der Waals surface area contributed by atoms with Gasteiger partial charge in [-0.2, -0.15) is 0 Å². The van der Waals surface area contributed by atoms with E-state index < -0.39 is 17.7 Å². The number of esters is 1. The number of aliphatic carboxylic acids is 1. The van der Waals surface area contributed by atoms with Gasteiger partial charge in [-0.05, 0) is 41.2 Å². The normalized spacial score (nSPS) is 21.7. The van der Waals surface area contributed by atoms with Crippen molar-refractivity contribution >= 4 is 11.9 Å². The Balaban J connectivity index is 1.29. The molecule has 0 radical (unpaired) electrons. The van der Waals surface area contributed by atoms with Crippen molar-refractivity contribution < 1.29 is 24.2 Å². The summed E-state index contributed by atoms with van der Waals surface area (Å²) in [5.41, 5.74) is 4.48. The quantitative estimate of drug-likeness (QED) is 0.399. The fourth-order valence-corrected chi connectivity index (χ4v) is 5.04. The molecule has 33 heavy (non-hydrogen) atoms. The summed E-state index contributed by atoms with van der Waals surface area (Å²) in [5, 5.41) is 9.52. The molecule has 0 bridgehead atoms. The van der Waals surface area contributed by atoms with E-state index in [9.17, 15) is 14.7 Å². The lowest BCUT2D eigenvalue weighted by molar-refractivity contribution is -0.145. The van der Waals surface area contributed by atoms with E-state index in [4.69, 9.17) is 9.47 Å². The van der Waals surface area contributed by atoms with Crippen molar-refractivity contribution in [2.45, 2.75) is 37.4 Å². The predicted octanol–water partition coefficient (Wildman–Crippen LogP) is 4.83. The van der Waals surface area contributed by atoms with Crippen molar-refractivity contribution in [1.82, 2.24) is 0 Å². The van der Waals surface area contributed by atoms with Crippen LogP contribution in [0.1, 0.15) is 36.0 Å². The zero-order valence-electron chi connectivity index (χ0n) is 18.4. The maximum atomic E-state index is 12.9. The number of hydrogen-bond acceptors (Lipinski definition) is 4. The lowest BCUT2D eigenvalue weighted by Gasteiger charge is -2.18. The first kappa shape index (κ1) is 21.4.